The van der Waals surface area contributed by atoms with E-state index in [1.54, 1.807) is 7.11 Å². The van der Waals surface area contributed by atoms with Gasteiger partial charge in [-0.3, -0.25) is 4.79 Å². The molecule has 35 heavy (non-hydrogen) atoms. The molecule has 10 heteroatoms. The Morgan fingerprint density at radius 1 is 1.11 bits per heavy atom. The molecule has 4 aliphatic rings. The third kappa shape index (κ3) is 5.98. The number of epoxide rings is 2. The van der Waals surface area contributed by atoms with Crippen LogP contribution in [-0.4, -0.2) is 73.9 Å². The van der Waals surface area contributed by atoms with Crippen molar-refractivity contribution < 1.29 is 33.0 Å². The van der Waals surface area contributed by atoms with Crippen LogP contribution in [-0.2, 0) is 23.7 Å². The summed E-state index contributed by atoms with van der Waals surface area (Å²) in [5.41, 5.74) is 1.99. The third-order valence-electron chi connectivity index (χ3n) is 8.14. The van der Waals surface area contributed by atoms with Gasteiger partial charge in [-0.05, 0) is 65.7 Å². The summed E-state index contributed by atoms with van der Waals surface area (Å²) in [5, 5.41) is 5.79. The summed E-state index contributed by atoms with van der Waals surface area (Å²) in [6, 6.07) is -0.0265. The summed E-state index contributed by atoms with van der Waals surface area (Å²) in [6.45, 7) is 6.63. The number of rotatable bonds is 9. The normalized spacial score (nSPS) is 40.0. The third-order valence-corrected chi connectivity index (χ3v) is 8.14. The smallest absolute Gasteiger partial charge is 0.407 e. The number of nitrogens with one attached hydrogen (secondary N) is 3. The van der Waals surface area contributed by atoms with Gasteiger partial charge in [0.2, 0.25) is 5.91 Å². The second-order valence-electron chi connectivity index (χ2n) is 10.9. The highest BCUT2D eigenvalue weighted by Crippen LogP contribution is 2.59. The summed E-state index contributed by atoms with van der Waals surface area (Å²) >= 11 is 0. The first-order chi connectivity index (χ1) is 16.7. The van der Waals surface area contributed by atoms with E-state index in [-0.39, 0.29) is 60.0 Å². The van der Waals surface area contributed by atoms with E-state index in [0.29, 0.717) is 13.0 Å². The number of hydrogen-bond donors (Lipinski definition) is 3. The fourth-order valence-corrected chi connectivity index (χ4v) is 6.13. The molecule has 4 rings (SSSR count). The fraction of sp³-hybridized carbons (Fsp3) is 0.840. The minimum Gasteiger partial charge on any atom is -0.443 e. The average molecular weight is 498 g/mol. The zero-order valence-corrected chi connectivity index (χ0v) is 21.2. The van der Waals surface area contributed by atoms with Crippen LogP contribution >= 0.6 is 0 Å². The van der Waals surface area contributed by atoms with Gasteiger partial charge in [-0.25, -0.2) is 4.79 Å². The minimum atomic E-state index is -0.444. The second-order valence-corrected chi connectivity index (χ2v) is 10.9. The van der Waals surface area contributed by atoms with Gasteiger partial charge in [-0.1, -0.05) is 11.6 Å². The van der Waals surface area contributed by atoms with Crippen molar-refractivity contribution in [3.8, 4) is 0 Å². The molecule has 6 atom stereocenters. The molecule has 2 aliphatic heterocycles. The molecule has 0 bridgehead atoms. The Kier molecular flexibility index (Phi) is 8.05. The first kappa shape index (κ1) is 26.3. The van der Waals surface area contributed by atoms with E-state index in [4.69, 9.17) is 18.9 Å². The maximum atomic E-state index is 12.8. The van der Waals surface area contributed by atoms with Gasteiger partial charge in [0.25, 0.3) is 0 Å². The number of alkyl carbamates (subject to hydrolysis) is 1. The Labute approximate surface area is 206 Å². The van der Waals surface area contributed by atoms with E-state index in [1.807, 2.05) is 0 Å². The van der Waals surface area contributed by atoms with Crippen LogP contribution in [0, 0.1) is 5.92 Å². The van der Waals surface area contributed by atoms with E-state index in [1.165, 1.54) is 11.1 Å². The topological polar surface area (TPSA) is 114 Å². The Morgan fingerprint density at radius 3 is 2.34 bits per heavy atom. The second kappa shape index (κ2) is 10.7. The standard InChI is InChI=1S/C25H40FN3O6/c1-15(2)5-10-19-24(3,35-19)22-21(32-4)18(11-12-25(22)14-33-25)34-23(31)29-17-8-6-16(7-9-17)28-20(30)13-27-26/h5,16-19,21-22,27H,6-14H2,1-4H3,(H,28,30)(H,29,31)/t16-,17-,18-,19+,21?,22?,24?,25-/m0/s1. The number of carbonyl (C=O) groups excluding carboxylic acids is 2. The summed E-state index contributed by atoms with van der Waals surface area (Å²) in [4.78, 5) is 24.4. The van der Waals surface area contributed by atoms with Crippen LogP contribution in [0.1, 0.15) is 65.7 Å². The Balaban J connectivity index is 1.30. The molecule has 3 unspecified atom stereocenters. The number of hydrogen-bond acceptors (Lipinski definition) is 7. The van der Waals surface area contributed by atoms with Crippen molar-refractivity contribution >= 4 is 12.0 Å². The molecule has 0 aromatic heterocycles. The van der Waals surface area contributed by atoms with E-state index < -0.39 is 6.09 Å². The highest BCUT2D eigenvalue weighted by molar-refractivity contribution is 5.78. The van der Waals surface area contributed by atoms with Crippen molar-refractivity contribution in [2.75, 3.05) is 20.3 Å². The minimum absolute atomic E-state index is 0.00445. The first-order valence-electron chi connectivity index (χ1n) is 12.8. The van der Waals surface area contributed by atoms with Crippen molar-refractivity contribution in [3.05, 3.63) is 11.6 Å². The molecule has 0 radical (unpaired) electrons. The van der Waals surface area contributed by atoms with Gasteiger partial charge in [0.15, 0.2) is 0 Å². The largest absolute Gasteiger partial charge is 0.443 e. The SMILES string of the molecule is COC1C(C2(C)O[C@@H]2CC=C(C)C)[C@]2(CC[C@@H]1OC(=O)N[C@H]1CC[C@H](NC(=O)CNF)CC1)CO2. The zero-order chi connectivity index (χ0) is 25.2. The molecule has 2 saturated carbocycles. The van der Waals surface area contributed by atoms with Crippen molar-refractivity contribution in [2.24, 2.45) is 5.92 Å². The number of amides is 2. The molecule has 2 heterocycles. The lowest BCUT2D eigenvalue weighted by Crippen LogP contribution is -2.56. The number of halogens is 1. The lowest BCUT2D eigenvalue weighted by molar-refractivity contribution is -0.121. The molecule has 2 aliphatic carbocycles. The van der Waals surface area contributed by atoms with Gasteiger partial charge < -0.3 is 29.6 Å². The Hall–Kier alpha value is -1.75. The summed E-state index contributed by atoms with van der Waals surface area (Å²) in [6.07, 6.45) is 6.38. The van der Waals surface area contributed by atoms with Crippen molar-refractivity contribution in [3.63, 3.8) is 0 Å². The molecule has 2 saturated heterocycles. The highest BCUT2D eigenvalue weighted by atomic mass is 19.2. The molecule has 0 aromatic carbocycles. The van der Waals surface area contributed by atoms with Crippen LogP contribution in [0.4, 0.5) is 9.28 Å². The van der Waals surface area contributed by atoms with Crippen LogP contribution in [0.2, 0.25) is 0 Å². The van der Waals surface area contributed by atoms with Gasteiger partial charge in [-0.2, -0.15) is 0 Å². The van der Waals surface area contributed by atoms with Crippen LogP contribution in [0.3, 0.4) is 0 Å². The quantitative estimate of drug-likeness (QED) is 0.255. The van der Waals surface area contributed by atoms with E-state index in [9.17, 15) is 14.1 Å². The lowest BCUT2D eigenvalue weighted by atomic mass is 9.68. The zero-order valence-electron chi connectivity index (χ0n) is 21.2. The first-order valence-corrected chi connectivity index (χ1v) is 12.8. The maximum absolute atomic E-state index is 12.8. The number of carbonyl (C=O) groups is 2. The highest BCUT2D eigenvalue weighted by Gasteiger charge is 2.72. The molecule has 0 aromatic rings. The van der Waals surface area contributed by atoms with Crippen LogP contribution in [0.25, 0.3) is 0 Å². The van der Waals surface area contributed by atoms with Crippen molar-refractivity contribution in [2.45, 2.75) is 107 Å². The molecule has 2 amide bonds. The predicted molar refractivity (Wildman–Crippen MR) is 126 cm³/mol. The molecule has 1 spiro atoms. The predicted octanol–water partition coefficient (Wildman–Crippen LogP) is 2.69. The van der Waals surface area contributed by atoms with E-state index in [0.717, 1.165) is 38.5 Å². The van der Waals surface area contributed by atoms with Gasteiger partial charge in [0.05, 0.1) is 18.6 Å². The summed E-state index contributed by atoms with van der Waals surface area (Å²) in [5.74, 6) is -0.380. The van der Waals surface area contributed by atoms with Crippen LogP contribution in [0.5, 0.6) is 0 Å². The van der Waals surface area contributed by atoms with Gasteiger partial charge in [-0.15, -0.1) is 10.0 Å². The van der Waals surface area contributed by atoms with Gasteiger partial charge >= 0.3 is 6.09 Å². The molecule has 4 fully saturated rings. The van der Waals surface area contributed by atoms with E-state index >= 15 is 0 Å². The van der Waals surface area contributed by atoms with Crippen LogP contribution in [0.15, 0.2) is 11.6 Å². The number of allylic oxidation sites excluding steroid dienone is 1. The van der Waals surface area contributed by atoms with Gasteiger partial charge in [0.1, 0.15) is 30.0 Å². The lowest BCUT2D eigenvalue weighted by Gasteiger charge is -2.42. The van der Waals surface area contributed by atoms with Crippen LogP contribution < -0.4 is 16.2 Å². The molecule has 198 valence electrons. The fourth-order valence-electron chi connectivity index (χ4n) is 6.13. The Bertz CT molecular complexity index is 809. The summed E-state index contributed by atoms with van der Waals surface area (Å²) < 4.78 is 36.1. The van der Waals surface area contributed by atoms with E-state index in [2.05, 4.69) is 37.5 Å². The maximum Gasteiger partial charge on any atom is 0.407 e. The average Bonchev–Trinajstić information content (AvgIpc) is 3.72. The molecular weight excluding hydrogens is 457 g/mol. The molecular formula is C25H40FN3O6. The molecule has 3 N–H and O–H groups in total. The van der Waals surface area contributed by atoms with Crippen molar-refractivity contribution in [1.29, 1.82) is 0 Å². The number of ether oxygens (including phenoxy) is 4. The number of methoxy groups -OCH3 is 1. The van der Waals surface area contributed by atoms with Crippen molar-refractivity contribution in [1.82, 2.24) is 16.2 Å². The monoisotopic (exact) mass is 497 g/mol. The molecule has 9 nitrogen and oxygen atoms in total. The van der Waals surface area contributed by atoms with Gasteiger partial charge in [0, 0.05) is 19.2 Å². The summed E-state index contributed by atoms with van der Waals surface area (Å²) in [7, 11) is 1.66. The Morgan fingerprint density at radius 2 is 1.77 bits per heavy atom.